The van der Waals surface area contributed by atoms with Gasteiger partial charge in [-0.1, -0.05) is 55.8 Å². The van der Waals surface area contributed by atoms with Gasteiger partial charge in [-0.05, 0) is 52.2 Å². The predicted octanol–water partition coefficient (Wildman–Crippen LogP) is 4.89. The highest BCUT2D eigenvalue weighted by Gasteiger charge is 2.27. The quantitative estimate of drug-likeness (QED) is 0.241. The minimum Gasteiger partial charge on any atom is -0.497 e. The molecule has 0 radical (unpaired) electrons. The van der Waals surface area contributed by atoms with Gasteiger partial charge in [-0.3, -0.25) is 9.69 Å². The Morgan fingerprint density at radius 1 is 0.976 bits per heavy atom. The van der Waals surface area contributed by atoms with E-state index in [1.807, 2.05) is 53.2 Å². The molecule has 6 rings (SSSR count). The molecule has 10 nitrogen and oxygen atoms in total. The topological polar surface area (TPSA) is 107 Å². The van der Waals surface area contributed by atoms with Crippen molar-refractivity contribution in [3.63, 3.8) is 0 Å². The number of methoxy groups -OCH3 is 1. The molecule has 216 valence electrons. The Balaban J connectivity index is 1.38. The molecule has 42 heavy (non-hydrogen) atoms. The number of rotatable bonds is 11. The summed E-state index contributed by atoms with van der Waals surface area (Å²) in [5.41, 5.74) is 3.43. The summed E-state index contributed by atoms with van der Waals surface area (Å²) in [5.74, 6) is 2.89. The number of pyridine rings is 1. The highest BCUT2D eigenvalue weighted by atomic mass is 16.6. The van der Waals surface area contributed by atoms with Crippen LogP contribution in [0.5, 0.6) is 17.2 Å². The number of hydrogen-bond donors (Lipinski definition) is 1. The molecule has 3 heterocycles. The van der Waals surface area contributed by atoms with Crippen molar-refractivity contribution in [2.24, 2.45) is 0 Å². The first kappa shape index (κ1) is 27.5. The van der Waals surface area contributed by atoms with Gasteiger partial charge in [-0.15, -0.1) is 5.10 Å². The van der Waals surface area contributed by atoms with Gasteiger partial charge in [-0.25, -0.2) is 4.68 Å². The Hall–Kier alpha value is -4.70. The summed E-state index contributed by atoms with van der Waals surface area (Å²) in [5, 5.41) is 13.8. The zero-order valence-corrected chi connectivity index (χ0v) is 23.8. The number of aromatic amines is 1. The van der Waals surface area contributed by atoms with Gasteiger partial charge in [0.15, 0.2) is 17.3 Å². The second kappa shape index (κ2) is 12.4. The van der Waals surface area contributed by atoms with Gasteiger partial charge in [0.1, 0.15) is 19.0 Å². The Labute approximate surface area is 243 Å². The first-order valence-corrected chi connectivity index (χ1v) is 14.2. The van der Waals surface area contributed by atoms with E-state index >= 15 is 0 Å². The van der Waals surface area contributed by atoms with Crippen LogP contribution in [0, 0.1) is 0 Å². The molecule has 2 aromatic heterocycles. The first-order chi connectivity index (χ1) is 20.6. The SMILES string of the molecule is CCCC(c1nnnn1Cc1ccccc1)N(Cc1ccc(OC)cc1)Cc1cc2cc3c(cc2[nH]c1=O)OCCO3. The van der Waals surface area contributed by atoms with E-state index in [1.165, 1.54) is 0 Å². The third kappa shape index (κ3) is 5.99. The van der Waals surface area contributed by atoms with Crippen LogP contribution in [0.2, 0.25) is 0 Å². The summed E-state index contributed by atoms with van der Waals surface area (Å²) in [6, 6.07) is 23.7. The number of nitrogens with one attached hydrogen (secondary N) is 1. The summed E-state index contributed by atoms with van der Waals surface area (Å²) in [6.07, 6.45) is 1.73. The maximum atomic E-state index is 13.4. The monoisotopic (exact) mass is 566 g/mol. The van der Waals surface area contributed by atoms with Gasteiger partial charge in [-0.2, -0.15) is 0 Å². The van der Waals surface area contributed by atoms with Crippen molar-refractivity contribution in [1.29, 1.82) is 0 Å². The van der Waals surface area contributed by atoms with Crippen molar-refractivity contribution in [2.75, 3.05) is 20.3 Å². The Morgan fingerprint density at radius 3 is 2.48 bits per heavy atom. The molecular weight excluding hydrogens is 532 g/mol. The van der Waals surface area contributed by atoms with Crippen molar-refractivity contribution in [3.8, 4) is 17.2 Å². The van der Waals surface area contributed by atoms with Crippen molar-refractivity contribution >= 4 is 10.9 Å². The third-order valence-electron chi connectivity index (χ3n) is 7.54. The maximum absolute atomic E-state index is 13.4. The average molecular weight is 567 g/mol. The molecule has 0 fully saturated rings. The molecule has 10 heteroatoms. The lowest BCUT2D eigenvalue weighted by Crippen LogP contribution is -2.32. The highest BCUT2D eigenvalue weighted by molar-refractivity contribution is 5.83. The number of ether oxygens (including phenoxy) is 3. The molecule has 1 atom stereocenters. The zero-order valence-electron chi connectivity index (χ0n) is 23.8. The lowest BCUT2D eigenvalue weighted by atomic mass is 10.0. The molecule has 0 aliphatic carbocycles. The summed E-state index contributed by atoms with van der Waals surface area (Å²) in [6.45, 7) is 4.69. The standard InChI is InChI=1S/C32H34N6O4/c1-3-7-28(31-34-35-36-38(31)20-22-8-5-4-6-9-22)37(19-23-10-12-26(40-2)13-11-23)21-25-16-24-17-29-30(42-15-14-41-29)18-27(24)33-32(25)39/h4-6,8-13,16-18,28H,3,7,14-15,19-21H2,1-2H3,(H,33,39). The second-order valence-corrected chi connectivity index (χ2v) is 10.4. The highest BCUT2D eigenvalue weighted by Crippen LogP contribution is 2.34. The molecule has 0 saturated carbocycles. The summed E-state index contributed by atoms with van der Waals surface area (Å²) in [4.78, 5) is 18.8. The third-order valence-corrected chi connectivity index (χ3v) is 7.54. The molecule has 0 amide bonds. The summed E-state index contributed by atoms with van der Waals surface area (Å²) < 4.78 is 18.8. The number of fused-ring (bicyclic) bond motifs is 2. The van der Waals surface area contributed by atoms with Gasteiger partial charge in [0.25, 0.3) is 5.56 Å². The fourth-order valence-corrected chi connectivity index (χ4v) is 5.43. The van der Waals surface area contributed by atoms with Crippen LogP contribution in [0.25, 0.3) is 10.9 Å². The molecule has 0 spiro atoms. The smallest absolute Gasteiger partial charge is 0.252 e. The fraction of sp³-hybridized carbons (Fsp3) is 0.312. The number of tetrazole rings is 1. The Morgan fingerprint density at radius 2 is 1.74 bits per heavy atom. The molecular formula is C32H34N6O4. The van der Waals surface area contributed by atoms with Crippen LogP contribution in [0.15, 0.2) is 77.6 Å². The molecule has 1 aliphatic rings. The molecule has 1 N–H and O–H groups in total. The van der Waals surface area contributed by atoms with Crippen LogP contribution in [0.1, 0.15) is 48.3 Å². The number of hydrogen-bond acceptors (Lipinski definition) is 8. The van der Waals surface area contributed by atoms with E-state index in [0.29, 0.717) is 55.4 Å². The normalized spacial score (nSPS) is 13.4. The maximum Gasteiger partial charge on any atom is 0.252 e. The minimum absolute atomic E-state index is 0.133. The van der Waals surface area contributed by atoms with E-state index in [4.69, 9.17) is 14.2 Å². The lowest BCUT2D eigenvalue weighted by molar-refractivity contribution is 0.156. The van der Waals surface area contributed by atoms with E-state index in [9.17, 15) is 4.79 Å². The van der Waals surface area contributed by atoms with E-state index in [-0.39, 0.29) is 11.6 Å². The van der Waals surface area contributed by atoms with Gasteiger partial charge in [0.2, 0.25) is 0 Å². The predicted molar refractivity (Wildman–Crippen MR) is 159 cm³/mol. The summed E-state index contributed by atoms with van der Waals surface area (Å²) in [7, 11) is 1.66. The van der Waals surface area contributed by atoms with Crippen molar-refractivity contribution in [1.82, 2.24) is 30.1 Å². The van der Waals surface area contributed by atoms with E-state index in [2.05, 4.69) is 56.6 Å². The molecule has 0 bridgehead atoms. The van der Waals surface area contributed by atoms with Gasteiger partial charge in [0.05, 0.1) is 25.2 Å². The van der Waals surface area contributed by atoms with Crippen LogP contribution in [-0.4, -0.2) is 50.4 Å². The summed E-state index contributed by atoms with van der Waals surface area (Å²) >= 11 is 0. The second-order valence-electron chi connectivity index (χ2n) is 10.4. The Kier molecular flexibility index (Phi) is 8.14. The molecule has 0 saturated heterocycles. The van der Waals surface area contributed by atoms with Crippen molar-refractivity contribution in [2.45, 2.75) is 45.4 Å². The average Bonchev–Trinajstić information content (AvgIpc) is 3.47. The largest absolute Gasteiger partial charge is 0.497 e. The van der Waals surface area contributed by atoms with E-state index in [1.54, 1.807) is 7.11 Å². The number of nitrogens with zero attached hydrogens (tertiary/aromatic N) is 5. The Bertz CT molecular complexity index is 1700. The van der Waals surface area contributed by atoms with Crippen LogP contribution < -0.4 is 19.8 Å². The molecule has 1 unspecified atom stereocenters. The van der Waals surface area contributed by atoms with Crippen LogP contribution in [-0.2, 0) is 19.6 Å². The van der Waals surface area contributed by atoms with Crippen molar-refractivity contribution < 1.29 is 14.2 Å². The van der Waals surface area contributed by atoms with E-state index in [0.717, 1.165) is 40.9 Å². The molecule has 1 aliphatic heterocycles. The van der Waals surface area contributed by atoms with Crippen LogP contribution in [0.3, 0.4) is 0 Å². The van der Waals surface area contributed by atoms with Gasteiger partial charge >= 0.3 is 0 Å². The molecule has 5 aromatic rings. The van der Waals surface area contributed by atoms with Crippen molar-refractivity contribution in [3.05, 3.63) is 106 Å². The fourth-order valence-electron chi connectivity index (χ4n) is 5.43. The van der Waals surface area contributed by atoms with E-state index < -0.39 is 0 Å². The number of aromatic nitrogens is 5. The zero-order chi connectivity index (χ0) is 28.9. The first-order valence-electron chi connectivity index (χ1n) is 14.2. The van der Waals surface area contributed by atoms with Crippen LogP contribution in [0.4, 0.5) is 0 Å². The minimum atomic E-state index is -0.141. The van der Waals surface area contributed by atoms with Crippen LogP contribution >= 0.6 is 0 Å². The lowest BCUT2D eigenvalue weighted by Gasteiger charge is -2.31. The molecule has 3 aromatic carbocycles. The number of H-pyrrole nitrogens is 1. The number of benzene rings is 3. The van der Waals surface area contributed by atoms with Gasteiger partial charge < -0.3 is 19.2 Å². The van der Waals surface area contributed by atoms with Gasteiger partial charge in [0, 0.05) is 30.1 Å².